The van der Waals surface area contributed by atoms with Gasteiger partial charge in [0.2, 0.25) is 0 Å². The minimum absolute atomic E-state index is 0.739. The molecule has 4 nitrogen and oxygen atoms in total. The summed E-state index contributed by atoms with van der Waals surface area (Å²) < 4.78 is 2.32. The van der Waals surface area contributed by atoms with E-state index in [4.69, 9.17) is 19.9 Å². The van der Waals surface area contributed by atoms with Gasteiger partial charge in [0.15, 0.2) is 5.82 Å². The topological polar surface area (TPSA) is 51.6 Å². The number of fused-ring (bicyclic) bond motifs is 6. The van der Waals surface area contributed by atoms with E-state index >= 15 is 0 Å². The molecule has 0 amide bonds. The highest BCUT2D eigenvalue weighted by Gasteiger charge is 2.18. The number of benzene rings is 5. The lowest BCUT2D eigenvalue weighted by molar-refractivity contribution is 1.05. The molecule has 0 N–H and O–H groups in total. The van der Waals surface area contributed by atoms with Gasteiger partial charge in [0, 0.05) is 43.4 Å². The Morgan fingerprint density at radius 3 is 1.96 bits per heavy atom. The number of hydrogen-bond donors (Lipinski definition) is 0. The van der Waals surface area contributed by atoms with Crippen LogP contribution >= 0.6 is 11.3 Å². The van der Waals surface area contributed by atoms with Crippen molar-refractivity contribution in [1.29, 1.82) is 0 Å². The molecular weight excluding hydrogens is 617 g/mol. The van der Waals surface area contributed by atoms with E-state index in [1.165, 1.54) is 10.3 Å². The third-order valence-electron chi connectivity index (χ3n) is 9.37. The Balaban J connectivity index is 1.20. The monoisotopic (exact) mass is 648 g/mol. The van der Waals surface area contributed by atoms with Gasteiger partial charge in [-0.1, -0.05) is 117 Å². The van der Waals surface area contributed by atoms with Gasteiger partial charge in [0.05, 0.1) is 26.9 Å². The van der Waals surface area contributed by atoms with Crippen molar-refractivity contribution in [3.63, 3.8) is 0 Å². The quantitative estimate of drug-likeness (QED) is 0.168. The van der Waals surface area contributed by atoms with E-state index in [1.807, 2.05) is 18.2 Å². The van der Waals surface area contributed by atoms with Crippen LogP contribution in [0.4, 0.5) is 0 Å². The van der Waals surface area contributed by atoms with Crippen LogP contribution < -0.4 is 0 Å². The maximum absolute atomic E-state index is 5.21. The van der Waals surface area contributed by atoms with Crippen LogP contribution in [0.3, 0.4) is 0 Å². The highest BCUT2D eigenvalue weighted by atomic mass is 32.1. The summed E-state index contributed by atoms with van der Waals surface area (Å²) in [6.07, 6.45) is 1.75. The van der Waals surface area contributed by atoms with Gasteiger partial charge >= 0.3 is 0 Å². The van der Waals surface area contributed by atoms with Crippen LogP contribution in [0.5, 0.6) is 0 Å². The Kier molecular flexibility index (Phi) is 7.21. The molecule has 0 atom stereocenters. The van der Waals surface area contributed by atoms with Gasteiger partial charge < -0.3 is 0 Å². The van der Waals surface area contributed by atoms with Crippen LogP contribution in [0.2, 0.25) is 0 Å². The van der Waals surface area contributed by atoms with Crippen LogP contribution in [-0.4, -0.2) is 19.9 Å². The predicted molar refractivity (Wildman–Crippen MR) is 206 cm³/mol. The minimum Gasteiger partial charge on any atom is -0.251 e. The van der Waals surface area contributed by atoms with Crippen molar-refractivity contribution < 1.29 is 0 Å². The van der Waals surface area contributed by atoms with Gasteiger partial charge in [-0.3, -0.25) is 9.97 Å². The fraction of sp³-hybridized carbons (Fsp3) is 0.0909. The number of nitrogens with zero attached hydrogens (tertiary/aromatic N) is 4. The molecule has 0 spiro atoms. The van der Waals surface area contributed by atoms with E-state index in [0.717, 1.165) is 101 Å². The molecule has 0 bridgehead atoms. The molecule has 9 aromatic rings. The molecule has 0 aliphatic rings. The van der Waals surface area contributed by atoms with Crippen molar-refractivity contribution in [2.75, 3.05) is 0 Å². The SMILES string of the molecule is CCc1ccc2ccc3c(-c4cccc(-c5cccc(-c6nc(-c7ccccc7)nc7c6sc6ccccc67)c5)c4)cc(CC)nc3c2n1. The molecule has 4 heterocycles. The molecule has 234 valence electrons. The van der Waals surface area contributed by atoms with E-state index in [1.54, 1.807) is 11.3 Å². The molecule has 5 heteroatoms. The Morgan fingerprint density at radius 1 is 0.469 bits per heavy atom. The summed E-state index contributed by atoms with van der Waals surface area (Å²) in [6, 6.07) is 47.3. The lowest BCUT2D eigenvalue weighted by Gasteiger charge is -2.13. The summed E-state index contributed by atoms with van der Waals surface area (Å²) >= 11 is 1.76. The highest BCUT2D eigenvalue weighted by Crippen LogP contribution is 2.41. The summed E-state index contributed by atoms with van der Waals surface area (Å²) in [4.78, 5) is 20.4. The lowest BCUT2D eigenvalue weighted by atomic mass is 9.94. The smallest absolute Gasteiger partial charge is 0.160 e. The largest absolute Gasteiger partial charge is 0.251 e. The van der Waals surface area contributed by atoms with Crippen molar-refractivity contribution in [3.8, 4) is 44.9 Å². The summed E-state index contributed by atoms with van der Waals surface area (Å²) in [6.45, 7) is 4.31. The molecule has 0 unspecified atom stereocenters. The van der Waals surface area contributed by atoms with Crippen molar-refractivity contribution in [2.24, 2.45) is 0 Å². The van der Waals surface area contributed by atoms with E-state index in [2.05, 4.69) is 129 Å². The van der Waals surface area contributed by atoms with Crippen LogP contribution in [0, 0.1) is 0 Å². The van der Waals surface area contributed by atoms with Gasteiger partial charge in [-0.25, -0.2) is 9.97 Å². The zero-order chi connectivity index (χ0) is 32.9. The first-order chi connectivity index (χ1) is 24.2. The van der Waals surface area contributed by atoms with E-state index < -0.39 is 0 Å². The second-order valence-electron chi connectivity index (χ2n) is 12.4. The molecule has 0 aliphatic heterocycles. The standard InChI is InChI=1S/C44H32N4S/c1-3-33-22-20-27-21-23-35-37(26-34(4-2)46-41(35)39(27)45-33)31-16-10-14-29(24-31)30-15-11-17-32(25-30)40-43-42(36-18-8-9-19-38(36)49-43)48-44(47-40)28-12-6-5-7-13-28/h5-26H,3-4H2,1-2H3. The number of rotatable bonds is 6. The molecule has 0 fully saturated rings. The van der Waals surface area contributed by atoms with Crippen molar-refractivity contribution in [3.05, 3.63) is 145 Å². The summed E-state index contributed by atoms with van der Waals surface area (Å²) in [5.74, 6) is 0.739. The Hall–Kier alpha value is -5.78. The number of thiophene rings is 1. The van der Waals surface area contributed by atoms with Gasteiger partial charge in [-0.2, -0.15) is 0 Å². The first-order valence-corrected chi connectivity index (χ1v) is 17.7. The molecular formula is C44H32N4S. The second-order valence-corrected chi connectivity index (χ2v) is 13.5. The third kappa shape index (κ3) is 5.14. The van der Waals surface area contributed by atoms with Crippen molar-refractivity contribution in [2.45, 2.75) is 26.7 Å². The molecule has 4 aromatic heterocycles. The van der Waals surface area contributed by atoms with E-state index in [-0.39, 0.29) is 0 Å². The summed E-state index contributed by atoms with van der Waals surface area (Å²) in [5.41, 5.74) is 12.8. The molecule has 0 radical (unpaired) electrons. The van der Waals surface area contributed by atoms with Crippen LogP contribution in [0.25, 0.3) is 87.0 Å². The minimum atomic E-state index is 0.739. The number of hydrogen-bond acceptors (Lipinski definition) is 5. The highest BCUT2D eigenvalue weighted by molar-refractivity contribution is 7.26. The van der Waals surface area contributed by atoms with Crippen LogP contribution in [-0.2, 0) is 12.8 Å². The third-order valence-corrected chi connectivity index (χ3v) is 10.5. The fourth-order valence-corrected chi connectivity index (χ4v) is 7.95. The molecule has 5 aromatic carbocycles. The number of aromatic nitrogens is 4. The fourth-order valence-electron chi connectivity index (χ4n) is 6.80. The summed E-state index contributed by atoms with van der Waals surface area (Å²) in [7, 11) is 0. The first kappa shape index (κ1) is 29.4. The predicted octanol–water partition coefficient (Wildman–Crippen LogP) is 11.7. The zero-order valence-corrected chi connectivity index (χ0v) is 28.1. The molecule has 49 heavy (non-hydrogen) atoms. The molecule has 0 saturated heterocycles. The van der Waals surface area contributed by atoms with Crippen LogP contribution in [0.15, 0.2) is 133 Å². The normalized spacial score (nSPS) is 11.6. The Bertz CT molecular complexity index is 2690. The molecule has 0 saturated carbocycles. The average Bonchev–Trinajstić information content (AvgIpc) is 3.56. The number of aryl methyl sites for hydroxylation is 2. The zero-order valence-electron chi connectivity index (χ0n) is 27.3. The van der Waals surface area contributed by atoms with Crippen molar-refractivity contribution in [1.82, 2.24) is 19.9 Å². The van der Waals surface area contributed by atoms with Crippen molar-refractivity contribution >= 4 is 53.4 Å². The summed E-state index contributed by atoms with van der Waals surface area (Å²) in [5, 5.41) is 3.41. The Labute approximate surface area is 288 Å². The maximum atomic E-state index is 5.21. The van der Waals surface area contributed by atoms with Crippen LogP contribution in [0.1, 0.15) is 25.2 Å². The first-order valence-electron chi connectivity index (χ1n) is 16.8. The van der Waals surface area contributed by atoms with E-state index in [0.29, 0.717) is 0 Å². The van der Waals surface area contributed by atoms with Gasteiger partial charge in [0.1, 0.15) is 0 Å². The Morgan fingerprint density at radius 2 is 1.14 bits per heavy atom. The number of pyridine rings is 2. The molecule has 9 rings (SSSR count). The molecule has 0 aliphatic carbocycles. The van der Waals surface area contributed by atoms with Gasteiger partial charge in [0.25, 0.3) is 0 Å². The average molecular weight is 649 g/mol. The van der Waals surface area contributed by atoms with E-state index in [9.17, 15) is 0 Å². The van der Waals surface area contributed by atoms with Gasteiger partial charge in [-0.05, 0) is 65.4 Å². The lowest BCUT2D eigenvalue weighted by Crippen LogP contribution is -1.96. The maximum Gasteiger partial charge on any atom is 0.160 e. The second kappa shape index (κ2) is 12.0. The van der Waals surface area contributed by atoms with Gasteiger partial charge in [-0.15, -0.1) is 11.3 Å².